The molecule has 2 aromatic rings. The van der Waals surface area contributed by atoms with Crippen molar-refractivity contribution in [3.63, 3.8) is 0 Å². The van der Waals surface area contributed by atoms with Crippen molar-refractivity contribution in [1.29, 1.82) is 0 Å². The fourth-order valence-electron chi connectivity index (χ4n) is 1.37. The van der Waals surface area contributed by atoms with Gasteiger partial charge in [0.2, 0.25) is 0 Å². The van der Waals surface area contributed by atoms with E-state index in [-0.39, 0.29) is 0 Å². The molecule has 0 aliphatic carbocycles. The van der Waals surface area contributed by atoms with Gasteiger partial charge in [-0.15, -0.1) is 0 Å². The Labute approximate surface area is 104 Å². The number of benzene rings is 1. The second-order valence-corrected chi connectivity index (χ2v) is 3.84. The Balaban J connectivity index is 2.25. The van der Waals surface area contributed by atoms with Crippen LogP contribution in [0, 0.1) is 5.82 Å². The zero-order valence-corrected chi connectivity index (χ0v) is 9.92. The number of pyridine rings is 1. The molecular weight excluding hydrogens is 241 g/mol. The van der Waals surface area contributed by atoms with Crippen molar-refractivity contribution in [1.82, 2.24) is 4.98 Å². The monoisotopic (exact) mass is 251 g/mol. The highest BCUT2D eigenvalue weighted by atomic mass is 35.5. The van der Waals surface area contributed by atoms with Crippen LogP contribution in [0.1, 0.15) is 0 Å². The van der Waals surface area contributed by atoms with Gasteiger partial charge in [-0.1, -0.05) is 17.7 Å². The number of aromatic nitrogens is 1. The minimum absolute atomic E-state index is 0.343. The highest BCUT2D eigenvalue weighted by Crippen LogP contribution is 2.22. The van der Waals surface area contributed by atoms with Crippen LogP contribution >= 0.6 is 11.6 Å². The molecule has 1 aromatic carbocycles. The molecule has 3 nitrogen and oxygen atoms in total. The van der Waals surface area contributed by atoms with Gasteiger partial charge in [0.25, 0.3) is 0 Å². The van der Waals surface area contributed by atoms with Crippen LogP contribution in [-0.2, 0) is 0 Å². The lowest BCUT2D eigenvalue weighted by Gasteiger charge is -2.08. The largest absolute Gasteiger partial charge is 0.373 e. The summed E-state index contributed by atoms with van der Waals surface area (Å²) in [4.78, 5) is 4.23. The number of halogens is 2. The van der Waals surface area contributed by atoms with Crippen LogP contribution in [0.2, 0.25) is 5.02 Å². The Morgan fingerprint density at radius 1 is 1.18 bits per heavy atom. The Morgan fingerprint density at radius 2 is 1.94 bits per heavy atom. The van der Waals surface area contributed by atoms with Crippen molar-refractivity contribution in [2.45, 2.75) is 0 Å². The molecular formula is C12H11ClFN3. The molecule has 0 amide bonds. The van der Waals surface area contributed by atoms with Crippen molar-refractivity contribution >= 4 is 28.9 Å². The van der Waals surface area contributed by atoms with Crippen molar-refractivity contribution in [2.24, 2.45) is 0 Å². The standard InChI is InChI=1S/C12H11ClFN3/c1-15-11-3-2-4-12(17-11)16-10-6-5-8(13)7-9(10)14/h2-7H,1H3,(H2,15,16,17). The van der Waals surface area contributed by atoms with Crippen molar-refractivity contribution < 1.29 is 4.39 Å². The van der Waals surface area contributed by atoms with Gasteiger partial charge in [0.05, 0.1) is 5.69 Å². The lowest BCUT2D eigenvalue weighted by Crippen LogP contribution is -1.98. The van der Waals surface area contributed by atoms with E-state index in [0.29, 0.717) is 22.3 Å². The van der Waals surface area contributed by atoms with Gasteiger partial charge in [-0.25, -0.2) is 9.37 Å². The predicted molar refractivity (Wildman–Crippen MR) is 68.5 cm³/mol. The molecule has 17 heavy (non-hydrogen) atoms. The average molecular weight is 252 g/mol. The minimum atomic E-state index is -0.408. The second-order valence-electron chi connectivity index (χ2n) is 3.41. The topological polar surface area (TPSA) is 37.0 Å². The minimum Gasteiger partial charge on any atom is -0.373 e. The Kier molecular flexibility index (Phi) is 3.44. The third kappa shape index (κ3) is 2.85. The van der Waals surface area contributed by atoms with Crippen molar-refractivity contribution in [3.05, 3.63) is 47.2 Å². The maximum Gasteiger partial charge on any atom is 0.148 e. The normalized spacial score (nSPS) is 10.1. The summed E-state index contributed by atoms with van der Waals surface area (Å²) in [6.07, 6.45) is 0. The van der Waals surface area contributed by atoms with E-state index in [1.54, 1.807) is 25.2 Å². The molecule has 0 unspecified atom stereocenters. The molecule has 0 spiro atoms. The molecule has 0 bridgehead atoms. The van der Waals surface area contributed by atoms with E-state index in [1.165, 1.54) is 6.07 Å². The number of hydrogen-bond acceptors (Lipinski definition) is 3. The molecule has 0 aliphatic heterocycles. The number of nitrogens with one attached hydrogen (secondary N) is 2. The highest BCUT2D eigenvalue weighted by Gasteiger charge is 2.04. The summed E-state index contributed by atoms with van der Waals surface area (Å²) in [5, 5.41) is 6.17. The Hall–Kier alpha value is -1.81. The van der Waals surface area contributed by atoms with Gasteiger partial charge in [-0.2, -0.15) is 0 Å². The molecule has 5 heteroatoms. The molecule has 1 heterocycles. The highest BCUT2D eigenvalue weighted by molar-refractivity contribution is 6.30. The molecule has 2 N–H and O–H groups in total. The van der Waals surface area contributed by atoms with Crippen LogP contribution in [0.25, 0.3) is 0 Å². The number of hydrogen-bond donors (Lipinski definition) is 2. The van der Waals surface area contributed by atoms with E-state index < -0.39 is 5.82 Å². The van der Waals surface area contributed by atoms with Crippen molar-refractivity contribution in [3.8, 4) is 0 Å². The molecule has 1 aromatic heterocycles. The fraction of sp³-hybridized carbons (Fsp3) is 0.0833. The molecule has 0 saturated heterocycles. The number of nitrogens with zero attached hydrogens (tertiary/aromatic N) is 1. The van der Waals surface area contributed by atoms with Gasteiger partial charge in [0, 0.05) is 12.1 Å². The van der Waals surface area contributed by atoms with E-state index in [4.69, 9.17) is 11.6 Å². The first-order valence-electron chi connectivity index (χ1n) is 5.06. The summed E-state index contributed by atoms with van der Waals surface area (Å²) in [5.74, 6) is 0.872. The molecule has 0 saturated carbocycles. The van der Waals surface area contributed by atoms with E-state index in [9.17, 15) is 4.39 Å². The van der Waals surface area contributed by atoms with Crippen LogP contribution in [0.15, 0.2) is 36.4 Å². The van der Waals surface area contributed by atoms with Gasteiger partial charge < -0.3 is 10.6 Å². The summed E-state index contributed by atoms with van der Waals surface area (Å²) in [6, 6.07) is 9.86. The predicted octanol–water partition coefficient (Wildman–Crippen LogP) is 3.66. The van der Waals surface area contributed by atoms with Gasteiger partial charge >= 0.3 is 0 Å². The first-order valence-corrected chi connectivity index (χ1v) is 5.44. The smallest absolute Gasteiger partial charge is 0.148 e. The summed E-state index contributed by atoms with van der Waals surface area (Å²) < 4.78 is 13.5. The fourth-order valence-corrected chi connectivity index (χ4v) is 1.53. The molecule has 0 radical (unpaired) electrons. The van der Waals surface area contributed by atoms with Crippen LogP contribution in [0.4, 0.5) is 21.7 Å². The van der Waals surface area contributed by atoms with Gasteiger partial charge in [-0.3, -0.25) is 0 Å². The summed E-state index contributed by atoms with van der Waals surface area (Å²) in [7, 11) is 1.77. The number of anilines is 3. The quantitative estimate of drug-likeness (QED) is 0.874. The summed E-state index contributed by atoms with van der Waals surface area (Å²) in [5.41, 5.74) is 0.343. The van der Waals surface area contributed by atoms with E-state index in [1.807, 2.05) is 12.1 Å². The summed E-state index contributed by atoms with van der Waals surface area (Å²) in [6.45, 7) is 0. The van der Waals surface area contributed by atoms with Gasteiger partial charge in [0.15, 0.2) is 0 Å². The first kappa shape index (κ1) is 11.7. The van der Waals surface area contributed by atoms with Gasteiger partial charge in [-0.05, 0) is 30.3 Å². The number of rotatable bonds is 3. The second kappa shape index (κ2) is 5.01. The third-order valence-corrected chi connectivity index (χ3v) is 2.43. The molecule has 0 atom stereocenters. The lowest BCUT2D eigenvalue weighted by atomic mass is 10.3. The average Bonchev–Trinajstić information content (AvgIpc) is 2.33. The van der Waals surface area contributed by atoms with E-state index in [2.05, 4.69) is 15.6 Å². The van der Waals surface area contributed by atoms with E-state index in [0.717, 1.165) is 0 Å². The molecule has 2 rings (SSSR count). The Morgan fingerprint density at radius 3 is 2.65 bits per heavy atom. The maximum absolute atomic E-state index is 13.5. The first-order chi connectivity index (χ1) is 8.19. The van der Waals surface area contributed by atoms with Crippen LogP contribution < -0.4 is 10.6 Å². The van der Waals surface area contributed by atoms with Crippen LogP contribution in [0.5, 0.6) is 0 Å². The summed E-state index contributed by atoms with van der Waals surface area (Å²) >= 11 is 5.67. The van der Waals surface area contributed by atoms with E-state index >= 15 is 0 Å². The van der Waals surface area contributed by atoms with Crippen molar-refractivity contribution in [2.75, 3.05) is 17.7 Å². The SMILES string of the molecule is CNc1cccc(Nc2ccc(Cl)cc2F)n1. The van der Waals surface area contributed by atoms with Crippen LogP contribution in [-0.4, -0.2) is 12.0 Å². The molecule has 88 valence electrons. The van der Waals surface area contributed by atoms with Crippen LogP contribution in [0.3, 0.4) is 0 Å². The lowest BCUT2D eigenvalue weighted by molar-refractivity contribution is 0.632. The maximum atomic E-state index is 13.5. The van der Waals surface area contributed by atoms with Gasteiger partial charge in [0.1, 0.15) is 17.5 Å². The molecule has 0 fully saturated rings. The molecule has 0 aliphatic rings. The zero-order chi connectivity index (χ0) is 12.3. The Bertz CT molecular complexity index is 531. The zero-order valence-electron chi connectivity index (χ0n) is 9.17. The third-order valence-electron chi connectivity index (χ3n) is 2.20.